The minimum Gasteiger partial charge on any atom is -0.466 e. The number of rotatable bonds is 4. The molecule has 0 heterocycles. The van der Waals surface area contributed by atoms with Gasteiger partial charge >= 0.3 is 11.9 Å². The molecule has 0 radical (unpaired) electrons. The molecule has 0 bridgehead atoms. The molecular formula is C16H18O5. The van der Waals surface area contributed by atoms with E-state index in [4.69, 9.17) is 9.47 Å². The van der Waals surface area contributed by atoms with Gasteiger partial charge in [-0.2, -0.15) is 0 Å². The van der Waals surface area contributed by atoms with E-state index in [2.05, 4.69) is 0 Å². The molecule has 1 aliphatic carbocycles. The number of esters is 2. The Kier molecular flexibility index (Phi) is 4.73. The molecule has 0 spiro atoms. The average molecular weight is 290 g/mol. The standard InChI is InChI=1S/C16H18O5/c1-3-20-15(18)12-9-10-7-5-6-8-11(10)14(17)13(12)16(19)21-4-2/h5-8,12-13H,3-4,9H2,1-2H3. The van der Waals surface area contributed by atoms with Crippen molar-refractivity contribution in [2.75, 3.05) is 13.2 Å². The Bertz CT molecular complexity index is 564. The Balaban J connectivity index is 2.39. The van der Waals surface area contributed by atoms with Gasteiger partial charge in [0.2, 0.25) is 0 Å². The predicted molar refractivity (Wildman–Crippen MR) is 74.7 cm³/mol. The van der Waals surface area contributed by atoms with Crippen molar-refractivity contribution in [1.82, 2.24) is 0 Å². The number of hydrogen-bond donors (Lipinski definition) is 0. The van der Waals surface area contributed by atoms with Gasteiger partial charge in [-0.15, -0.1) is 0 Å². The summed E-state index contributed by atoms with van der Waals surface area (Å²) in [6, 6.07) is 7.01. The van der Waals surface area contributed by atoms with E-state index in [1.165, 1.54) is 0 Å². The van der Waals surface area contributed by atoms with Gasteiger partial charge in [-0.25, -0.2) is 0 Å². The number of Topliss-reactive ketones (excluding diaryl/α,β-unsaturated/α-hetero) is 1. The maximum Gasteiger partial charge on any atom is 0.317 e. The van der Waals surface area contributed by atoms with Gasteiger partial charge in [-0.1, -0.05) is 24.3 Å². The molecule has 5 heteroatoms. The number of fused-ring (bicyclic) bond motifs is 1. The van der Waals surface area contributed by atoms with Gasteiger partial charge in [0.1, 0.15) is 5.92 Å². The van der Waals surface area contributed by atoms with Crippen molar-refractivity contribution in [2.24, 2.45) is 11.8 Å². The average Bonchev–Trinajstić information content (AvgIpc) is 2.47. The lowest BCUT2D eigenvalue weighted by atomic mass is 9.75. The van der Waals surface area contributed by atoms with Gasteiger partial charge in [0, 0.05) is 5.56 Å². The fraction of sp³-hybridized carbons (Fsp3) is 0.438. The Morgan fingerprint density at radius 3 is 2.38 bits per heavy atom. The second-order valence-electron chi connectivity index (χ2n) is 4.81. The van der Waals surface area contributed by atoms with Gasteiger partial charge in [-0.05, 0) is 25.8 Å². The zero-order valence-corrected chi connectivity index (χ0v) is 12.1. The third-order valence-corrected chi connectivity index (χ3v) is 3.54. The van der Waals surface area contributed by atoms with E-state index in [0.717, 1.165) is 5.56 Å². The van der Waals surface area contributed by atoms with E-state index in [0.29, 0.717) is 12.0 Å². The number of carbonyl (C=O) groups excluding carboxylic acids is 3. The topological polar surface area (TPSA) is 69.7 Å². The van der Waals surface area contributed by atoms with Crippen LogP contribution in [0.3, 0.4) is 0 Å². The van der Waals surface area contributed by atoms with Crippen molar-refractivity contribution in [1.29, 1.82) is 0 Å². The molecule has 0 saturated carbocycles. The van der Waals surface area contributed by atoms with Crippen LogP contribution in [0.1, 0.15) is 29.8 Å². The third-order valence-electron chi connectivity index (χ3n) is 3.54. The summed E-state index contributed by atoms with van der Waals surface area (Å²) in [5.74, 6) is -3.48. The van der Waals surface area contributed by atoms with Crippen LogP contribution in [0.5, 0.6) is 0 Å². The Labute approximate surface area is 123 Å². The molecule has 0 saturated heterocycles. The van der Waals surface area contributed by atoms with Crippen LogP contribution in [0.25, 0.3) is 0 Å². The molecule has 5 nitrogen and oxygen atoms in total. The van der Waals surface area contributed by atoms with Crippen LogP contribution in [-0.2, 0) is 25.5 Å². The second kappa shape index (κ2) is 6.52. The molecule has 0 fully saturated rings. The van der Waals surface area contributed by atoms with E-state index < -0.39 is 23.8 Å². The first-order valence-corrected chi connectivity index (χ1v) is 7.05. The highest BCUT2D eigenvalue weighted by atomic mass is 16.5. The number of hydrogen-bond acceptors (Lipinski definition) is 5. The predicted octanol–water partition coefficient (Wildman–Crippen LogP) is 1.78. The summed E-state index contributed by atoms with van der Waals surface area (Å²) in [7, 11) is 0. The second-order valence-corrected chi connectivity index (χ2v) is 4.81. The van der Waals surface area contributed by atoms with Crippen molar-refractivity contribution < 1.29 is 23.9 Å². The minimum absolute atomic E-state index is 0.166. The molecule has 0 aromatic heterocycles. The molecule has 1 aromatic rings. The molecule has 1 aromatic carbocycles. The van der Waals surface area contributed by atoms with E-state index in [1.54, 1.807) is 38.1 Å². The molecule has 21 heavy (non-hydrogen) atoms. The summed E-state index contributed by atoms with van der Waals surface area (Å²) in [5, 5.41) is 0. The van der Waals surface area contributed by atoms with Crippen molar-refractivity contribution in [3.8, 4) is 0 Å². The highest BCUT2D eigenvalue weighted by molar-refractivity contribution is 6.12. The first-order valence-electron chi connectivity index (χ1n) is 7.05. The van der Waals surface area contributed by atoms with Crippen LogP contribution in [0.15, 0.2) is 24.3 Å². The first-order chi connectivity index (χ1) is 10.1. The fourth-order valence-corrected chi connectivity index (χ4v) is 2.62. The zero-order valence-electron chi connectivity index (χ0n) is 12.1. The molecule has 112 valence electrons. The normalized spacial score (nSPS) is 20.6. The molecule has 2 unspecified atom stereocenters. The highest BCUT2D eigenvalue weighted by Crippen LogP contribution is 2.32. The lowest BCUT2D eigenvalue weighted by Gasteiger charge is -2.28. The maximum atomic E-state index is 12.5. The Morgan fingerprint density at radius 2 is 1.71 bits per heavy atom. The van der Waals surface area contributed by atoms with E-state index in [9.17, 15) is 14.4 Å². The third kappa shape index (κ3) is 2.96. The molecule has 0 aliphatic heterocycles. The number of carbonyl (C=O) groups is 3. The molecule has 1 aliphatic rings. The van der Waals surface area contributed by atoms with Crippen molar-refractivity contribution in [3.05, 3.63) is 35.4 Å². The van der Waals surface area contributed by atoms with Crippen molar-refractivity contribution in [2.45, 2.75) is 20.3 Å². The quantitative estimate of drug-likeness (QED) is 0.624. The minimum atomic E-state index is -1.11. The van der Waals surface area contributed by atoms with Gasteiger partial charge in [-0.3, -0.25) is 14.4 Å². The van der Waals surface area contributed by atoms with E-state index in [1.807, 2.05) is 0 Å². The van der Waals surface area contributed by atoms with Crippen LogP contribution in [-0.4, -0.2) is 30.9 Å². The van der Waals surface area contributed by atoms with Gasteiger partial charge in [0.25, 0.3) is 0 Å². The SMILES string of the molecule is CCOC(=O)C1Cc2ccccc2C(=O)C1C(=O)OCC. The smallest absolute Gasteiger partial charge is 0.317 e. The van der Waals surface area contributed by atoms with Crippen LogP contribution >= 0.6 is 0 Å². The van der Waals surface area contributed by atoms with Gasteiger partial charge < -0.3 is 9.47 Å². The van der Waals surface area contributed by atoms with E-state index >= 15 is 0 Å². The largest absolute Gasteiger partial charge is 0.466 e. The van der Waals surface area contributed by atoms with Crippen LogP contribution in [0, 0.1) is 11.8 Å². The van der Waals surface area contributed by atoms with Gasteiger partial charge in [0.05, 0.1) is 19.1 Å². The fourth-order valence-electron chi connectivity index (χ4n) is 2.62. The van der Waals surface area contributed by atoms with Crippen LogP contribution in [0.4, 0.5) is 0 Å². The number of benzene rings is 1. The summed E-state index contributed by atoms with van der Waals surface area (Å²) >= 11 is 0. The number of ketones is 1. The molecule has 2 atom stereocenters. The maximum absolute atomic E-state index is 12.5. The zero-order chi connectivity index (χ0) is 15.4. The lowest BCUT2D eigenvalue weighted by molar-refractivity contribution is -0.158. The molecule has 0 amide bonds. The van der Waals surface area contributed by atoms with Gasteiger partial charge in [0.15, 0.2) is 5.78 Å². The summed E-state index contributed by atoms with van der Waals surface area (Å²) < 4.78 is 9.96. The van der Waals surface area contributed by atoms with E-state index in [-0.39, 0.29) is 19.0 Å². The summed E-state index contributed by atoms with van der Waals surface area (Å²) in [4.78, 5) is 36.7. The summed E-state index contributed by atoms with van der Waals surface area (Å²) in [6.07, 6.45) is 0.310. The van der Waals surface area contributed by atoms with Crippen molar-refractivity contribution >= 4 is 17.7 Å². The van der Waals surface area contributed by atoms with Crippen molar-refractivity contribution in [3.63, 3.8) is 0 Å². The first kappa shape index (κ1) is 15.2. The Hall–Kier alpha value is -2.17. The molecule has 0 N–H and O–H groups in total. The van der Waals surface area contributed by atoms with Crippen LogP contribution in [0.2, 0.25) is 0 Å². The molecule has 2 rings (SSSR count). The molecular weight excluding hydrogens is 272 g/mol. The lowest BCUT2D eigenvalue weighted by Crippen LogP contribution is -2.42. The monoisotopic (exact) mass is 290 g/mol. The summed E-state index contributed by atoms with van der Waals surface area (Å²) in [5.41, 5.74) is 1.25. The number of ether oxygens (including phenoxy) is 2. The highest BCUT2D eigenvalue weighted by Gasteiger charge is 2.45. The van der Waals surface area contributed by atoms with Crippen LogP contribution < -0.4 is 0 Å². The summed E-state index contributed by atoms with van der Waals surface area (Å²) in [6.45, 7) is 3.73. The Morgan fingerprint density at radius 1 is 1.10 bits per heavy atom.